The first-order chi connectivity index (χ1) is 8.01. The van der Waals surface area contributed by atoms with E-state index in [0.717, 1.165) is 12.3 Å². The van der Waals surface area contributed by atoms with Gasteiger partial charge in [-0.2, -0.15) is 0 Å². The van der Waals surface area contributed by atoms with Gasteiger partial charge in [0.2, 0.25) is 0 Å². The number of aryl methyl sites for hydroxylation is 1. The molecule has 0 radical (unpaired) electrons. The quantitative estimate of drug-likeness (QED) is 0.826. The molecule has 0 heterocycles. The fourth-order valence-corrected chi connectivity index (χ4v) is 1.92. The third kappa shape index (κ3) is 3.13. The second kappa shape index (κ2) is 5.92. The van der Waals surface area contributed by atoms with Gasteiger partial charge in [0.15, 0.2) is 0 Å². The summed E-state index contributed by atoms with van der Waals surface area (Å²) < 4.78 is 5.41. The van der Waals surface area contributed by atoms with E-state index in [-0.39, 0.29) is 0 Å². The molecule has 1 aromatic carbocycles. The van der Waals surface area contributed by atoms with E-state index in [1.54, 1.807) is 7.11 Å². The van der Waals surface area contributed by atoms with Gasteiger partial charge in [-0.1, -0.05) is 6.92 Å². The molecule has 3 nitrogen and oxygen atoms in total. The van der Waals surface area contributed by atoms with Gasteiger partial charge in [-0.25, -0.2) is 0 Å². The molecule has 17 heavy (non-hydrogen) atoms. The molecule has 0 aromatic heterocycles. The Morgan fingerprint density at radius 3 is 2.47 bits per heavy atom. The molecule has 0 spiro atoms. The lowest BCUT2D eigenvalue weighted by atomic mass is 10.0. The highest BCUT2D eigenvalue weighted by atomic mass is 16.5. The Hall–Kier alpha value is -1.22. The number of hydrogen-bond donors (Lipinski definition) is 2. The zero-order valence-corrected chi connectivity index (χ0v) is 11.6. The van der Waals surface area contributed by atoms with Gasteiger partial charge in [-0.3, -0.25) is 0 Å². The third-order valence-electron chi connectivity index (χ3n) is 3.27. The molecule has 1 aromatic rings. The van der Waals surface area contributed by atoms with E-state index in [1.165, 1.54) is 22.4 Å². The van der Waals surface area contributed by atoms with Crippen molar-refractivity contribution < 1.29 is 4.74 Å². The Bertz CT molecular complexity index is 388. The predicted molar refractivity (Wildman–Crippen MR) is 73.9 cm³/mol. The highest BCUT2D eigenvalue weighted by Crippen LogP contribution is 2.31. The Morgan fingerprint density at radius 1 is 1.29 bits per heavy atom. The second-order valence-electron chi connectivity index (χ2n) is 4.75. The predicted octanol–water partition coefficient (Wildman–Crippen LogP) is 2.63. The largest absolute Gasteiger partial charge is 0.496 e. The number of benzene rings is 1. The maximum Gasteiger partial charge on any atom is 0.125 e. The van der Waals surface area contributed by atoms with Gasteiger partial charge in [0.05, 0.1) is 7.11 Å². The molecular weight excluding hydrogens is 212 g/mol. The molecule has 0 bridgehead atoms. The van der Waals surface area contributed by atoms with Crippen LogP contribution in [-0.2, 0) is 0 Å². The van der Waals surface area contributed by atoms with Crippen LogP contribution >= 0.6 is 0 Å². The summed E-state index contributed by atoms with van der Waals surface area (Å²) in [7, 11) is 1.72. The van der Waals surface area contributed by atoms with Crippen LogP contribution in [0, 0.1) is 26.7 Å². The van der Waals surface area contributed by atoms with E-state index in [1.807, 2.05) is 0 Å². The Kier molecular flexibility index (Phi) is 4.82. The number of hydrogen-bond acceptors (Lipinski definition) is 3. The highest BCUT2D eigenvalue weighted by Gasteiger charge is 2.10. The highest BCUT2D eigenvalue weighted by molar-refractivity contribution is 5.61. The molecule has 1 rings (SSSR count). The molecule has 0 saturated heterocycles. The Balaban J connectivity index is 2.94. The summed E-state index contributed by atoms with van der Waals surface area (Å²) in [5.74, 6) is 1.47. The molecule has 0 aliphatic carbocycles. The van der Waals surface area contributed by atoms with E-state index in [4.69, 9.17) is 10.5 Å². The van der Waals surface area contributed by atoms with Gasteiger partial charge in [0, 0.05) is 12.2 Å². The van der Waals surface area contributed by atoms with Crippen molar-refractivity contribution in [3.8, 4) is 5.75 Å². The van der Waals surface area contributed by atoms with Gasteiger partial charge >= 0.3 is 0 Å². The van der Waals surface area contributed by atoms with E-state index < -0.39 is 0 Å². The normalized spacial score (nSPS) is 12.4. The summed E-state index contributed by atoms with van der Waals surface area (Å²) >= 11 is 0. The van der Waals surface area contributed by atoms with Crippen molar-refractivity contribution in [2.75, 3.05) is 25.5 Å². The van der Waals surface area contributed by atoms with Crippen molar-refractivity contribution in [2.24, 2.45) is 11.7 Å². The van der Waals surface area contributed by atoms with Crippen LogP contribution in [0.3, 0.4) is 0 Å². The van der Waals surface area contributed by atoms with Crippen molar-refractivity contribution in [1.82, 2.24) is 0 Å². The lowest BCUT2D eigenvalue weighted by molar-refractivity contribution is 0.408. The van der Waals surface area contributed by atoms with Gasteiger partial charge in [0.25, 0.3) is 0 Å². The molecule has 1 atom stereocenters. The topological polar surface area (TPSA) is 47.3 Å². The number of rotatable bonds is 5. The molecule has 0 aliphatic rings. The van der Waals surface area contributed by atoms with E-state index in [9.17, 15) is 0 Å². The van der Waals surface area contributed by atoms with Crippen LogP contribution in [0.25, 0.3) is 0 Å². The van der Waals surface area contributed by atoms with Crippen molar-refractivity contribution in [2.45, 2.75) is 27.7 Å². The average molecular weight is 236 g/mol. The van der Waals surface area contributed by atoms with Crippen LogP contribution in [0.1, 0.15) is 23.6 Å². The van der Waals surface area contributed by atoms with Crippen LogP contribution in [0.15, 0.2) is 6.07 Å². The maximum absolute atomic E-state index is 5.62. The standard InChI is InChI=1S/C14H24N2O/c1-9(7-15)8-16-13-6-10(2)14(17-5)12(4)11(13)3/h6,9,16H,7-8,15H2,1-5H3. The van der Waals surface area contributed by atoms with E-state index in [2.05, 4.69) is 39.1 Å². The minimum atomic E-state index is 0.483. The number of ether oxygens (including phenoxy) is 1. The minimum Gasteiger partial charge on any atom is -0.496 e. The van der Waals surface area contributed by atoms with Crippen molar-refractivity contribution in [3.05, 3.63) is 22.8 Å². The first-order valence-electron chi connectivity index (χ1n) is 6.10. The van der Waals surface area contributed by atoms with E-state index in [0.29, 0.717) is 12.5 Å². The fraction of sp³-hybridized carbons (Fsp3) is 0.571. The summed E-state index contributed by atoms with van der Waals surface area (Å²) in [6, 6.07) is 2.14. The molecule has 3 heteroatoms. The SMILES string of the molecule is COc1c(C)cc(NCC(C)CN)c(C)c1C. The minimum absolute atomic E-state index is 0.483. The zero-order valence-electron chi connectivity index (χ0n) is 11.6. The molecule has 0 fully saturated rings. The summed E-state index contributed by atoms with van der Waals surface area (Å²) in [5, 5.41) is 3.46. The van der Waals surface area contributed by atoms with Gasteiger partial charge in [0.1, 0.15) is 5.75 Å². The number of nitrogens with one attached hydrogen (secondary N) is 1. The molecule has 96 valence electrons. The Labute approximate surface area is 104 Å². The van der Waals surface area contributed by atoms with Gasteiger partial charge < -0.3 is 15.8 Å². The summed E-state index contributed by atoms with van der Waals surface area (Å²) in [4.78, 5) is 0. The molecule has 3 N–H and O–H groups in total. The summed E-state index contributed by atoms with van der Waals surface area (Å²) in [5.41, 5.74) is 10.4. The molecule has 1 unspecified atom stereocenters. The summed E-state index contributed by atoms with van der Waals surface area (Å²) in [6.45, 7) is 10.0. The number of anilines is 1. The van der Waals surface area contributed by atoms with Crippen molar-refractivity contribution in [3.63, 3.8) is 0 Å². The molecule has 0 saturated carbocycles. The average Bonchev–Trinajstić information content (AvgIpc) is 2.32. The fourth-order valence-electron chi connectivity index (χ4n) is 1.92. The van der Waals surface area contributed by atoms with Crippen LogP contribution in [0.4, 0.5) is 5.69 Å². The van der Waals surface area contributed by atoms with E-state index >= 15 is 0 Å². The maximum atomic E-state index is 5.62. The van der Waals surface area contributed by atoms with Crippen LogP contribution in [0.5, 0.6) is 5.75 Å². The first-order valence-corrected chi connectivity index (χ1v) is 6.10. The van der Waals surface area contributed by atoms with Crippen LogP contribution in [-0.4, -0.2) is 20.2 Å². The smallest absolute Gasteiger partial charge is 0.125 e. The zero-order chi connectivity index (χ0) is 13.0. The lowest BCUT2D eigenvalue weighted by Crippen LogP contribution is -2.20. The van der Waals surface area contributed by atoms with Crippen LogP contribution in [0.2, 0.25) is 0 Å². The number of nitrogens with two attached hydrogens (primary N) is 1. The monoisotopic (exact) mass is 236 g/mol. The van der Waals surface area contributed by atoms with Crippen molar-refractivity contribution >= 4 is 5.69 Å². The van der Waals surface area contributed by atoms with Crippen LogP contribution < -0.4 is 15.8 Å². The van der Waals surface area contributed by atoms with Crippen molar-refractivity contribution in [1.29, 1.82) is 0 Å². The first kappa shape index (κ1) is 13.8. The molecule has 0 aliphatic heterocycles. The Morgan fingerprint density at radius 2 is 1.94 bits per heavy atom. The van der Waals surface area contributed by atoms with Gasteiger partial charge in [-0.05, 0) is 56.0 Å². The second-order valence-corrected chi connectivity index (χ2v) is 4.75. The molecular formula is C14H24N2O. The summed E-state index contributed by atoms with van der Waals surface area (Å²) in [6.07, 6.45) is 0. The lowest BCUT2D eigenvalue weighted by Gasteiger charge is -2.18. The number of methoxy groups -OCH3 is 1. The third-order valence-corrected chi connectivity index (χ3v) is 3.27. The molecule has 0 amide bonds. The van der Waals surface area contributed by atoms with Gasteiger partial charge in [-0.15, -0.1) is 0 Å².